The van der Waals surface area contributed by atoms with Gasteiger partial charge in [0.1, 0.15) is 11.9 Å². The SMILES string of the molecule is CN1C[C@H]2C[C@@H]1[C@H](F)[C@@H]2N(C)c1nnc(-c2ccc(-n3ccnc3)cc2O)s1. The summed E-state index contributed by atoms with van der Waals surface area (Å²) in [6.45, 7) is 0.919. The number of likely N-dealkylation sites (tertiary alicyclic amines) is 1. The molecule has 1 saturated carbocycles. The van der Waals surface area contributed by atoms with Crippen molar-refractivity contribution < 1.29 is 9.50 Å². The third kappa shape index (κ3) is 2.68. The van der Waals surface area contributed by atoms with Crippen LogP contribution in [0.15, 0.2) is 36.9 Å². The molecule has 3 aromatic rings. The highest BCUT2D eigenvalue weighted by atomic mass is 32.1. The molecule has 0 amide bonds. The van der Waals surface area contributed by atoms with Crippen molar-refractivity contribution in [3.05, 3.63) is 36.9 Å². The monoisotopic (exact) mass is 400 g/mol. The van der Waals surface area contributed by atoms with Crippen LogP contribution in [0.2, 0.25) is 0 Å². The summed E-state index contributed by atoms with van der Waals surface area (Å²) in [4.78, 5) is 8.07. The number of aromatic nitrogens is 4. The van der Waals surface area contributed by atoms with Gasteiger partial charge in [-0.25, -0.2) is 9.37 Å². The number of aromatic hydroxyl groups is 1. The van der Waals surface area contributed by atoms with E-state index in [1.165, 1.54) is 11.3 Å². The molecule has 0 radical (unpaired) electrons. The number of nitrogens with zero attached hydrogens (tertiary/aromatic N) is 6. The highest BCUT2D eigenvalue weighted by Crippen LogP contribution is 2.43. The van der Waals surface area contributed by atoms with E-state index in [-0.39, 0.29) is 17.8 Å². The molecule has 28 heavy (non-hydrogen) atoms. The van der Waals surface area contributed by atoms with Crippen molar-refractivity contribution in [2.24, 2.45) is 5.92 Å². The molecule has 4 atom stereocenters. The summed E-state index contributed by atoms with van der Waals surface area (Å²) < 4.78 is 16.7. The van der Waals surface area contributed by atoms with Gasteiger partial charge in [-0.2, -0.15) is 0 Å². The van der Waals surface area contributed by atoms with Crippen LogP contribution in [0.1, 0.15) is 6.42 Å². The molecule has 9 heteroatoms. The van der Waals surface area contributed by atoms with Gasteiger partial charge in [0.05, 0.1) is 23.6 Å². The van der Waals surface area contributed by atoms with Crippen LogP contribution in [-0.2, 0) is 0 Å². The van der Waals surface area contributed by atoms with Gasteiger partial charge in [0, 0.05) is 38.1 Å². The number of imidazole rings is 1. The van der Waals surface area contributed by atoms with Crippen molar-refractivity contribution in [1.29, 1.82) is 0 Å². The van der Waals surface area contributed by atoms with Gasteiger partial charge in [-0.15, -0.1) is 10.2 Å². The minimum absolute atomic E-state index is 0.00427. The summed E-state index contributed by atoms with van der Waals surface area (Å²) >= 11 is 1.37. The van der Waals surface area contributed by atoms with E-state index in [1.807, 2.05) is 41.9 Å². The second-order valence-corrected chi connectivity index (χ2v) is 8.57. The molecule has 2 fully saturated rings. The van der Waals surface area contributed by atoms with Gasteiger partial charge in [0.25, 0.3) is 0 Å². The third-order valence-corrected chi connectivity index (χ3v) is 7.03. The number of alkyl halides is 1. The summed E-state index contributed by atoms with van der Waals surface area (Å²) in [5.74, 6) is 0.437. The quantitative estimate of drug-likeness (QED) is 0.726. The molecule has 5 rings (SSSR count). The largest absolute Gasteiger partial charge is 0.507 e. The second-order valence-electron chi connectivity index (χ2n) is 7.61. The van der Waals surface area contributed by atoms with E-state index in [0.717, 1.165) is 18.7 Å². The number of halogens is 1. The molecule has 1 N–H and O–H groups in total. The molecule has 0 unspecified atom stereocenters. The molecule has 1 aliphatic heterocycles. The van der Waals surface area contributed by atoms with Gasteiger partial charge in [-0.05, 0) is 31.5 Å². The first-order valence-electron chi connectivity index (χ1n) is 9.25. The summed E-state index contributed by atoms with van der Waals surface area (Å²) in [7, 11) is 3.89. The van der Waals surface area contributed by atoms with E-state index >= 15 is 0 Å². The average molecular weight is 400 g/mol. The van der Waals surface area contributed by atoms with Gasteiger partial charge in [-0.1, -0.05) is 11.3 Å². The first kappa shape index (κ1) is 17.6. The molecule has 0 spiro atoms. The fourth-order valence-corrected chi connectivity index (χ4v) is 5.46. The maximum absolute atomic E-state index is 14.9. The van der Waals surface area contributed by atoms with E-state index < -0.39 is 6.17 Å². The summed E-state index contributed by atoms with van der Waals surface area (Å²) in [5, 5.41) is 20.3. The molecule has 1 aliphatic carbocycles. The molecule has 3 heterocycles. The zero-order valence-corrected chi connectivity index (χ0v) is 16.4. The summed E-state index contributed by atoms with van der Waals surface area (Å²) in [6, 6.07) is 5.22. The van der Waals surface area contributed by atoms with Gasteiger partial charge in [-0.3, -0.25) is 0 Å². The highest BCUT2D eigenvalue weighted by Gasteiger charge is 2.53. The van der Waals surface area contributed by atoms with Gasteiger partial charge in [0.15, 0.2) is 5.01 Å². The number of phenols is 1. The Morgan fingerprint density at radius 1 is 1.32 bits per heavy atom. The lowest BCUT2D eigenvalue weighted by Gasteiger charge is -2.36. The molecular weight excluding hydrogens is 379 g/mol. The molecule has 7 nitrogen and oxygen atoms in total. The Morgan fingerprint density at radius 2 is 2.18 bits per heavy atom. The smallest absolute Gasteiger partial charge is 0.208 e. The van der Waals surface area contributed by atoms with Gasteiger partial charge >= 0.3 is 0 Å². The maximum atomic E-state index is 14.9. The topological polar surface area (TPSA) is 70.3 Å². The van der Waals surface area contributed by atoms with Crippen molar-refractivity contribution in [1.82, 2.24) is 24.6 Å². The van der Waals surface area contributed by atoms with Crippen molar-refractivity contribution in [2.45, 2.75) is 24.7 Å². The van der Waals surface area contributed by atoms with Crippen LogP contribution in [-0.4, -0.2) is 68.7 Å². The summed E-state index contributed by atoms with van der Waals surface area (Å²) in [5.41, 5.74) is 1.43. The molecule has 1 saturated heterocycles. The van der Waals surface area contributed by atoms with Crippen LogP contribution in [0, 0.1) is 5.92 Å². The molecular formula is C19H21FN6OS. The molecule has 2 aliphatic rings. The summed E-state index contributed by atoms with van der Waals surface area (Å²) in [6.07, 6.45) is 5.18. The first-order chi connectivity index (χ1) is 13.5. The van der Waals surface area contributed by atoms with Crippen molar-refractivity contribution in [3.8, 4) is 22.0 Å². The fraction of sp³-hybridized carbons (Fsp3) is 0.421. The Labute approximate surface area is 166 Å². The zero-order valence-electron chi connectivity index (χ0n) is 15.6. The molecule has 146 valence electrons. The lowest BCUT2D eigenvalue weighted by molar-refractivity contribution is 0.126. The molecule has 2 aromatic heterocycles. The van der Waals surface area contributed by atoms with Gasteiger partial charge in [0.2, 0.25) is 5.13 Å². The predicted octanol–water partition coefficient (Wildman–Crippen LogP) is 2.57. The Bertz CT molecular complexity index is 990. The number of fused-ring (bicyclic) bond motifs is 2. The van der Waals surface area contributed by atoms with E-state index in [4.69, 9.17) is 0 Å². The third-order valence-electron chi connectivity index (χ3n) is 5.99. The number of anilines is 1. The Kier molecular flexibility index (Phi) is 4.09. The van der Waals surface area contributed by atoms with Crippen LogP contribution in [0.3, 0.4) is 0 Å². The van der Waals surface area contributed by atoms with Crippen molar-refractivity contribution >= 4 is 16.5 Å². The zero-order chi connectivity index (χ0) is 19.4. The number of rotatable bonds is 4. The number of benzene rings is 1. The normalized spacial score (nSPS) is 26.8. The van der Waals surface area contributed by atoms with Crippen LogP contribution >= 0.6 is 11.3 Å². The Morgan fingerprint density at radius 3 is 2.86 bits per heavy atom. The first-order valence-corrected chi connectivity index (χ1v) is 10.1. The standard InChI is InChI=1S/C19H21FN6OS/c1-24-9-11-7-14(24)16(20)17(11)25(2)19-23-22-18(28-19)13-4-3-12(8-15(13)27)26-6-5-21-10-26/h3-6,8,10-11,14,16-17,27H,7,9H2,1-2H3/t11-,14-,16+,17-/m1/s1. The Balaban J connectivity index is 1.39. The highest BCUT2D eigenvalue weighted by molar-refractivity contribution is 7.18. The second kappa shape index (κ2) is 6.52. The van der Waals surface area contributed by atoms with E-state index in [1.54, 1.807) is 18.6 Å². The Hall–Kier alpha value is -2.52. The van der Waals surface area contributed by atoms with Crippen LogP contribution < -0.4 is 4.90 Å². The van der Waals surface area contributed by atoms with Crippen LogP contribution in [0.25, 0.3) is 16.3 Å². The fourth-order valence-electron chi connectivity index (χ4n) is 4.58. The van der Waals surface area contributed by atoms with Crippen molar-refractivity contribution in [2.75, 3.05) is 25.5 Å². The average Bonchev–Trinajstić information content (AvgIpc) is 3.45. The predicted molar refractivity (Wildman–Crippen MR) is 106 cm³/mol. The number of piperidine rings is 1. The minimum atomic E-state index is -0.885. The molecule has 2 bridgehead atoms. The number of phenolic OH excluding ortho intramolecular Hbond substituents is 1. The number of hydrogen-bond acceptors (Lipinski definition) is 7. The van der Waals surface area contributed by atoms with E-state index in [9.17, 15) is 9.50 Å². The minimum Gasteiger partial charge on any atom is -0.507 e. The van der Waals surface area contributed by atoms with E-state index in [2.05, 4.69) is 20.1 Å². The van der Waals surface area contributed by atoms with E-state index in [0.29, 0.717) is 21.6 Å². The van der Waals surface area contributed by atoms with Gasteiger partial charge < -0.3 is 19.5 Å². The van der Waals surface area contributed by atoms with Crippen molar-refractivity contribution in [3.63, 3.8) is 0 Å². The lowest BCUT2D eigenvalue weighted by atomic mass is 10.0. The van der Waals surface area contributed by atoms with Crippen LogP contribution in [0.4, 0.5) is 9.52 Å². The lowest BCUT2D eigenvalue weighted by Crippen LogP contribution is -2.51. The molecule has 1 aromatic carbocycles. The number of hydrogen-bond donors (Lipinski definition) is 1. The maximum Gasteiger partial charge on any atom is 0.208 e. The van der Waals surface area contributed by atoms with Crippen LogP contribution in [0.5, 0.6) is 5.75 Å².